The number of carbonyl (C=O) groups is 1. The Morgan fingerprint density at radius 1 is 1.00 bits per heavy atom. The molecule has 212 valence electrons. The van der Waals surface area contributed by atoms with Crippen LogP contribution in [0.4, 0.5) is 11.4 Å². The van der Waals surface area contributed by atoms with Crippen molar-refractivity contribution < 1.29 is 14.6 Å². The Kier molecular flexibility index (Phi) is 7.03. The van der Waals surface area contributed by atoms with Gasteiger partial charge in [-0.3, -0.25) is 14.4 Å². The Morgan fingerprint density at radius 3 is 2.37 bits per heavy atom. The number of nitrogens with zero attached hydrogens (tertiary/aromatic N) is 6. The number of fused-ring (bicyclic) bond motifs is 3. The predicted octanol–water partition coefficient (Wildman–Crippen LogP) is 5.20. The number of aromatic nitrogens is 3. The Labute approximate surface area is 243 Å². The normalized spacial score (nSPS) is 17.4. The van der Waals surface area contributed by atoms with Crippen LogP contribution in [0, 0.1) is 26.7 Å². The number of carboxylic acid groups (broad SMARTS) is 1. The topological polar surface area (TPSA) is 96.1 Å². The van der Waals surface area contributed by atoms with Crippen LogP contribution in [0.3, 0.4) is 0 Å². The predicted molar refractivity (Wildman–Crippen MR) is 162 cm³/mol. The van der Waals surface area contributed by atoms with Gasteiger partial charge in [-0.25, -0.2) is 0 Å². The second-order valence-electron chi connectivity index (χ2n) is 10.6. The van der Waals surface area contributed by atoms with Gasteiger partial charge in [0.05, 0.1) is 24.4 Å². The van der Waals surface area contributed by atoms with Gasteiger partial charge in [0.15, 0.2) is 5.82 Å². The highest BCUT2D eigenvalue weighted by Crippen LogP contribution is 2.41. The number of rotatable bonds is 6. The quantitative estimate of drug-likeness (QED) is 0.340. The van der Waals surface area contributed by atoms with Crippen LogP contribution >= 0.6 is 11.3 Å². The van der Waals surface area contributed by atoms with Crippen molar-refractivity contribution in [3.8, 4) is 10.8 Å². The standard InChI is InChI=1S/C31H34N6O3S/c1-18-20(3)41-30-26(18)28(32-27(19(2)31(38)39)29-34-33-21(4)37(29)30)22-10-12-23(13-11-22)35-14-16-36(17-15-35)24-8-6-7-9-25(24)40-5/h6-13,19,27H,14-17H2,1-5H3,(H,38,39)/t19-,27?/m0/s1. The zero-order chi connectivity index (χ0) is 28.8. The van der Waals surface area contributed by atoms with Gasteiger partial charge in [0.1, 0.15) is 22.6 Å². The fourth-order valence-electron chi connectivity index (χ4n) is 5.74. The molecule has 2 aromatic heterocycles. The van der Waals surface area contributed by atoms with E-state index in [2.05, 4.69) is 64.2 Å². The lowest BCUT2D eigenvalue weighted by atomic mass is 9.98. The van der Waals surface area contributed by atoms with Crippen molar-refractivity contribution in [2.75, 3.05) is 43.1 Å². The van der Waals surface area contributed by atoms with Gasteiger partial charge >= 0.3 is 5.97 Å². The molecule has 4 heterocycles. The molecule has 0 spiro atoms. The van der Waals surface area contributed by atoms with Crippen LogP contribution < -0.4 is 14.5 Å². The van der Waals surface area contributed by atoms with E-state index in [-0.39, 0.29) is 0 Å². The number of anilines is 2. The minimum atomic E-state index is -0.911. The maximum absolute atomic E-state index is 12.1. The first-order valence-corrected chi connectivity index (χ1v) is 14.7. The summed E-state index contributed by atoms with van der Waals surface area (Å²) < 4.78 is 7.57. The monoisotopic (exact) mass is 570 g/mol. The lowest BCUT2D eigenvalue weighted by Gasteiger charge is -2.37. The van der Waals surface area contributed by atoms with Crippen LogP contribution in [-0.4, -0.2) is 64.8 Å². The largest absolute Gasteiger partial charge is 0.495 e. The summed E-state index contributed by atoms with van der Waals surface area (Å²) in [4.78, 5) is 23.2. The van der Waals surface area contributed by atoms with E-state index in [4.69, 9.17) is 9.73 Å². The number of methoxy groups -OCH3 is 1. The van der Waals surface area contributed by atoms with Crippen molar-refractivity contribution in [1.29, 1.82) is 0 Å². The molecule has 2 aromatic carbocycles. The summed E-state index contributed by atoms with van der Waals surface area (Å²) in [5.41, 5.74) is 6.21. The minimum Gasteiger partial charge on any atom is -0.495 e. The molecule has 0 amide bonds. The summed E-state index contributed by atoms with van der Waals surface area (Å²) in [5.74, 6) is 0.521. The summed E-state index contributed by atoms with van der Waals surface area (Å²) in [6, 6.07) is 16.0. The molecule has 10 heteroatoms. The van der Waals surface area contributed by atoms with E-state index in [0.717, 1.165) is 76.5 Å². The van der Waals surface area contributed by atoms with Gasteiger partial charge in [0, 0.05) is 47.9 Å². The van der Waals surface area contributed by atoms with Crippen LogP contribution in [0.5, 0.6) is 5.75 Å². The summed E-state index contributed by atoms with van der Waals surface area (Å²) in [6.07, 6.45) is 0. The van der Waals surface area contributed by atoms with E-state index < -0.39 is 17.9 Å². The first-order chi connectivity index (χ1) is 19.8. The lowest BCUT2D eigenvalue weighted by Crippen LogP contribution is -2.46. The summed E-state index contributed by atoms with van der Waals surface area (Å²) in [7, 11) is 1.72. The van der Waals surface area contributed by atoms with Crippen molar-refractivity contribution in [2.24, 2.45) is 10.9 Å². The van der Waals surface area contributed by atoms with Crippen molar-refractivity contribution in [1.82, 2.24) is 14.8 Å². The number of ether oxygens (including phenoxy) is 1. The van der Waals surface area contributed by atoms with E-state index in [1.807, 2.05) is 29.7 Å². The number of thiophene rings is 1. The third kappa shape index (κ3) is 4.65. The molecule has 2 aliphatic rings. The Hall–Kier alpha value is -4.18. The maximum Gasteiger partial charge on any atom is 0.308 e. The number of hydrogen-bond donors (Lipinski definition) is 1. The van der Waals surface area contributed by atoms with Crippen LogP contribution in [-0.2, 0) is 4.79 Å². The summed E-state index contributed by atoms with van der Waals surface area (Å²) in [5, 5.41) is 19.7. The molecule has 6 rings (SSSR count). The van der Waals surface area contributed by atoms with Gasteiger partial charge in [-0.15, -0.1) is 21.5 Å². The molecule has 1 N–H and O–H groups in total. The van der Waals surface area contributed by atoms with Crippen LogP contribution in [0.2, 0.25) is 0 Å². The van der Waals surface area contributed by atoms with Crippen molar-refractivity contribution >= 4 is 34.4 Å². The van der Waals surface area contributed by atoms with Gasteiger partial charge in [-0.1, -0.05) is 24.3 Å². The summed E-state index contributed by atoms with van der Waals surface area (Å²) >= 11 is 1.67. The van der Waals surface area contributed by atoms with Crippen LogP contribution in [0.1, 0.15) is 46.2 Å². The molecule has 2 atom stereocenters. The van der Waals surface area contributed by atoms with E-state index in [1.54, 1.807) is 25.4 Å². The van der Waals surface area contributed by atoms with E-state index in [1.165, 1.54) is 4.88 Å². The molecule has 0 aliphatic carbocycles. The molecule has 0 radical (unpaired) electrons. The van der Waals surface area contributed by atoms with Gasteiger partial charge in [-0.05, 0) is 57.5 Å². The van der Waals surface area contributed by atoms with E-state index in [0.29, 0.717) is 5.82 Å². The second kappa shape index (κ2) is 10.7. The highest BCUT2D eigenvalue weighted by atomic mass is 32.1. The Balaban J connectivity index is 1.32. The molecule has 0 saturated carbocycles. The molecular formula is C31H34N6O3S. The Morgan fingerprint density at radius 2 is 1.68 bits per heavy atom. The first-order valence-electron chi connectivity index (χ1n) is 13.8. The summed E-state index contributed by atoms with van der Waals surface area (Å²) in [6.45, 7) is 11.4. The molecule has 2 aliphatic heterocycles. The van der Waals surface area contributed by atoms with Crippen molar-refractivity contribution in [3.05, 3.63) is 81.7 Å². The molecular weight excluding hydrogens is 536 g/mol. The molecule has 9 nitrogen and oxygen atoms in total. The fraction of sp³-hybridized carbons (Fsp3) is 0.355. The fourth-order valence-corrected chi connectivity index (χ4v) is 6.96. The number of benzene rings is 2. The SMILES string of the molecule is COc1ccccc1N1CCN(c2ccc(C3=NC([C@H](C)C(=O)O)c4nnc(C)n4-c4sc(C)c(C)c43)cc2)CC1. The number of piperazine rings is 1. The smallest absolute Gasteiger partial charge is 0.308 e. The van der Waals surface area contributed by atoms with Crippen molar-refractivity contribution in [3.63, 3.8) is 0 Å². The van der Waals surface area contributed by atoms with Crippen molar-refractivity contribution in [2.45, 2.75) is 33.7 Å². The third-order valence-electron chi connectivity index (χ3n) is 8.26. The average Bonchev–Trinajstić information content (AvgIpc) is 3.46. The molecule has 0 bridgehead atoms. The highest BCUT2D eigenvalue weighted by molar-refractivity contribution is 7.15. The minimum absolute atomic E-state index is 0.569. The van der Waals surface area contributed by atoms with Gasteiger partial charge < -0.3 is 19.6 Å². The molecule has 1 fully saturated rings. The number of aryl methyl sites for hydroxylation is 2. The Bertz CT molecular complexity index is 1630. The van der Waals surface area contributed by atoms with Gasteiger partial charge in [0.2, 0.25) is 0 Å². The van der Waals surface area contributed by atoms with Gasteiger partial charge in [-0.2, -0.15) is 0 Å². The number of aliphatic imine (C=N–C) groups is 1. The van der Waals surface area contributed by atoms with Gasteiger partial charge in [0.25, 0.3) is 0 Å². The van der Waals surface area contributed by atoms with E-state index in [9.17, 15) is 9.90 Å². The second-order valence-corrected chi connectivity index (χ2v) is 11.8. The molecule has 4 aromatic rings. The first kappa shape index (κ1) is 27.0. The number of para-hydroxylation sites is 2. The number of carboxylic acids is 1. The molecule has 1 saturated heterocycles. The highest BCUT2D eigenvalue weighted by Gasteiger charge is 2.36. The number of aliphatic carboxylic acids is 1. The zero-order valence-electron chi connectivity index (χ0n) is 24.0. The molecule has 1 unspecified atom stereocenters. The third-order valence-corrected chi connectivity index (χ3v) is 9.46. The van der Waals surface area contributed by atoms with Crippen LogP contribution in [0.15, 0.2) is 53.5 Å². The zero-order valence-corrected chi connectivity index (χ0v) is 24.8. The average molecular weight is 571 g/mol. The molecule has 41 heavy (non-hydrogen) atoms. The number of hydrogen-bond acceptors (Lipinski definition) is 8. The lowest BCUT2D eigenvalue weighted by molar-refractivity contribution is -0.141. The van der Waals surface area contributed by atoms with Crippen LogP contribution in [0.25, 0.3) is 5.00 Å². The van der Waals surface area contributed by atoms with E-state index >= 15 is 0 Å². The maximum atomic E-state index is 12.1.